The summed E-state index contributed by atoms with van der Waals surface area (Å²) in [5.74, 6) is 0.423. The van der Waals surface area contributed by atoms with Gasteiger partial charge in [0, 0.05) is 36.3 Å². The van der Waals surface area contributed by atoms with E-state index in [4.69, 9.17) is 0 Å². The Labute approximate surface area is 135 Å². The van der Waals surface area contributed by atoms with E-state index in [-0.39, 0.29) is 24.0 Å². The van der Waals surface area contributed by atoms with Crippen molar-refractivity contribution in [2.75, 3.05) is 19.6 Å². The molecule has 0 radical (unpaired) electrons. The quantitative estimate of drug-likeness (QED) is 0.667. The number of fused-ring (bicyclic) bond motifs is 1. The number of amides is 1. The monoisotopic (exact) mass is 325 g/mol. The first-order chi connectivity index (χ1) is 10.1. The highest BCUT2D eigenvalue weighted by molar-refractivity contribution is 5.95. The lowest BCUT2D eigenvalue weighted by Crippen LogP contribution is -2.46. The lowest BCUT2D eigenvalue weighted by molar-refractivity contribution is -0.385. The molecule has 2 atom stereocenters. The maximum atomic E-state index is 12.6. The van der Waals surface area contributed by atoms with Gasteiger partial charge in [0.15, 0.2) is 0 Å². The minimum absolute atomic E-state index is 0. The summed E-state index contributed by atoms with van der Waals surface area (Å²) in [6.45, 7) is 4.17. The van der Waals surface area contributed by atoms with Crippen molar-refractivity contribution in [3.05, 3.63) is 39.4 Å². The Morgan fingerprint density at radius 3 is 2.91 bits per heavy atom. The minimum atomic E-state index is -0.431. The number of rotatable bonds is 2. The fourth-order valence-corrected chi connectivity index (χ4v) is 3.35. The number of nitro groups is 1. The Balaban J connectivity index is 0.00000176. The van der Waals surface area contributed by atoms with Gasteiger partial charge in [-0.2, -0.15) is 0 Å². The molecule has 1 amide bonds. The summed E-state index contributed by atoms with van der Waals surface area (Å²) in [5.41, 5.74) is 1.00. The molecule has 1 N–H and O–H groups in total. The highest BCUT2D eigenvalue weighted by atomic mass is 35.5. The maximum absolute atomic E-state index is 12.6. The van der Waals surface area contributed by atoms with Crippen molar-refractivity contribution >= 4 is 24.0 Å². The zero-order valence-electron chi connectivity index (χ0n) is 12.4. The Hall–Kier alpha value is -1.66. The summed E-state index contributed by atoms with van der Waals surface area (Å²) in [6.07, 6.45) is 2.06. The molecule has 22 heavy (non-hydrogen) atoms. The summed E-state index contributed by atoms with van der Waals surface area (Å²) < 4.78 is 0. The summed E-state index contributed by atoms with van der Waals surface area (Å²) in [4.78, 5) is 25.0. The number of benzene rings is 1. The molecule has 0 aromatic heterocycles. The molecule has 1 aromatic carbocycles. The third kappa shape index (κ3) is 3.08. The normalized spacial score (nSPS) is 23.6. The van der Waals surface area contributed by atoms with Crippen LogP contribution in [-0.4, -0.2) is 41.4 Å². The van der Waals surface area contributed by atoms with Crippen molar-refractivity contribution in [1.29, 1.82) is 0 Å². The summed E-state index contributed by atoms with van der Waals surface area (Å²) >= 11 is 0. The average Bonchev–Trinajstić information content (AvgIpc) is 2.94. The van der Waals surface area contributed by atoms with Crippen LogP contribution in [0.15, 0.2) is 18.2 Å². The van der Waals surface area contributed by atoms with Crippen LogP contribution < -0.4 is 5.32 Å². The third-order valence-corrected chi connectivity index (χ3v) is 4.60. The molecular formula is C15H20ClN3O3. The molecule has 0 aliphatic carbocycles. The van der Waals surface area contributed by atoms with E-state index in [0.717, 1.165) is 25.9 Å². The SMILES string of the molecule is Cc1ccc(C(=O)N2CCC3NCCC3C2)cc1[N+](=O)[O-].Cl. The van der Waals surface area contributed by atoms with Crippen molar-refractivity contribution in [2.24, 2.45) is 5.92 Å². The van der Waals surface area contributed by atoms with E-state index in [1.807, 2.05) is 4.90 Å². The fraction of sp³-hybridized carbons (Fsp3) is 0.533. The van der Waals surface area contributed by atoms with Crippen LogP contribution in [0.5, 0.6) is 0 Å². The number of halogens is 1. The average molecular weight is 326 g/mol. The molecule has 7 heteroatoms. The van der Waals surface area contributed by atoms with Gasteiger partial charge in [0.2, 0.25) is 0 Å². The Morgan fingerprint density at radius 1 is 1.41 bits per heavy atom. The molecule has 2 saturated heterocycles. The van der Waals surface area contributed by atoms with Gasteiger partial charge in [-0.1, -0.05) is 6.07 Å². The number of hydrogen-bond acceptors (Lipinski definition) is 4. The van der Waals surface area contributed by atoms with E-state index in [0.29, 0.717) is 29.6 Å². The summed E-state index contributed by atoms with van der Waals surface area (Å²) in [6, 6.07) is 5.26. The topological polar surface area (TPSA) is 75.5 Å². The molecule has 120 valence electrons. The van der Waals surface area contributed by atoms with Gasteiger partial charge in [-0.05, 0) is 38.3 Å². The molecule has 0 bridgehead atoms. The van der Waals surface area contributed by atoms with Crippen LogP contribution in [0, 0.1) is 23.0 Å². The fourth-order valence-electron chi connectivity index (χ4n) is 3.35. The van der Waals surface area contributed by atoms with Crippen molar-refractivity contribution < 1.29 is 9.72 Å². The number of carbonyl (C=O) groups excluding carboxylic acids is 1. The van der Waals surface area contributed by atoms with Gasteiger partial charge >= 0.3 is 0 Å². The first-order valence-electron chi connectivity index (χ1n) is 7.34. The summed E-state index contributed by atoms with van der Waals surface area (Å²) in [7, 11) is 0. The number of aryl methyl sites for hydroxylation is 1. The molecule has 1 aromatic rings. The standard InChI is InChI=1S/C15H19N3O3.ClH/c1-10-2-3-11(8-14(10)18(20)21)15(19)17-7-5-13-12(9-17)4-6-16-13;/h2-3,8,12-13,16H,4-7,9H2,1H3;1H. The van der Waals surface area contributed by atoms with E-state index in [1.165, 1.54) is 6.07 Å². The number of likely N-dealkylation sites (tertiary alicyclic amines) is 1. The van der Waals surface area contributed by atoms with Crippen LogP contribution in [-0.2, 0) is 0 Å². The molecular weight excluding hydrogens is 306 g/mol. The highest BCUT2D eigenvalue weighted by Gasteiger charge is 2.34. The number of piperidine rings is 1. The first-order valence-corrected chi connectivity index (χ1v) is 7.34. The van der Waals surface area contributed by atoms with E-state index in [1.54, 1.807) is 19.1 Å². The lowest BCUT2D eigenvalue weighted by atomic mass is 9.93. The molecule has 2 unspecified atom stereocenters. The zero-order valence-corrected chi connectivity index (χ0v) is 13.3. The van der Waals surface area contributed by atoms with Gasteiger partial charge in [-0.25, -0.2) is 0 Å². The van der Waals surface area contributed by atoms with Crippen molar-refractivity contribution in [2.45, 2.75) is 25.8 Å². The number of carbonyl (C=O) groups is 1. The van der Waals surface area contributed by atoms with E-state index in [2.05, 4.69) is 5.32 Å². The second-order valence-electron chi connectivity index (χ2n) is 5.91. The van der Waals surface area contributed by atoms with Gasteiger partial charge in [0.05, 0.1) is 4.92 Å². The van der Waals surface area contributed by atoms with Crippen molar-refractivity contribution in [1.82, 2.24) is 10.2 Å². The van der Waals surface area contributed by atoms with Crippen LogP contribution in [0.2, 0.25) is 0 Å². The van der Waals surface area contributed by atoms with Crippen LogP contribution >= 0.6 is 12.4 Å². The third-order valence-electron chi connectivity index (χ3n) is 4.60. The lowest BCUT2D eigenvalue weighted by Gasteiger charge is -2.34. The second kappa shape index (κ2) is 6.62. The van der Waals surface area contributed by atoms with E-state index >= 15 is 0 Å². The van der Waals surface area contributed by atoms with Crippen LogP contribution in [0.1, 0.15) is 28.8 Å². The molecule has 2 aliphatic rings. The Bertz CT molecular complexity index is 593. The van der Waals surface area contributed by atoms with Crippen LogP contribution in [0.3, 0.4) is 0 Å². The smallest absolute Gasteiger partial charge is 0.273 e. The van der Waals surface area contributed by atoms with Crippen molar-refractivity contribution in [3.63, 3.8) is 0 Å². The molecule has 0 saturated carbocycles. The van der Waals surface area contributed by atoms with E-state index < -0.39 is 4.92 Å². The minimum Gasteiger partial charge on any atom is -0.338 e. The number of nitrogens with zero attached hydrogens (tertiary/aromatic N) is 2. The second-order valence-corrected chi connectivity index (χ2v) is 5.91. The molecule has 3 rings (SSSR count). The largest absolute Gasteiger partial charge is 0.338 e. The van der Waals surface area contributed by atoms with Gasteiger partial charge in [-0.15, -0.1) is 12.4 Å². The Morgan fingerprint density at radius 2 is 2.18 bits per heavy atom. The highest BCUT2D eigenvalue weighted by Crippen LogP contribution is 2.26. The van der Waals surface area contributed by atoms with Crippen molar-refractivity contribution in [3.8, 4) is 0 Å². The molecule has 6 nitrogen and oxygen atoms in total. The molecule has 0 spiro atoms. The van der Waals surface area contributed by atoms with E-state index in [9.17, 15) is 14.9 Å². The maximum Gasteiger partial charge on any atom is 0.273 e. The summed E-state index contributed by atoms with van der Waals surface area (Å²) in [5, 5.41) is 14.5. The number of hydrogen-bond donors (Lipinski definition) is 1. The predicted molar refractivity (Wildman–Crippen MR) is 85.5 cm³/mol. The first kappa shape index (κ1) is 16.7. The van der Waals surface area contributed by atoms with Crippen LogP contribution in [0.25, 0.3) is 0 Å². The number of nitrogens with one attached hydrogen (secondary N) is 1. The van der Waals surface area contributed by atoms with Gasteiger partial charge in [-0.3, -0.25) is 14.9 Å². The molecule has 2 heterocycles. The van der Waals surface area contributed by atoms with Gasteiger partial charge in [0.1, 0.15) is 0 Å². The van der Waals surface area contributed by atoms with Crippen LogP contribution in [0.4, 0.5) is 5.69 Å². The number of nitro benzene ring substituents is 1. The van der Waals surface area contributed by atoms with Gasteiger partial charge < -0.3 is 10.2 Å². The molecule has 2 aliphatic heterocycles. The zero-order chi connectivity index (χ0) is 15.0. The Kier molecular flexibility index (Phi) is 5.03. The predicted octanol–water partition coefficient (Wildman–Crippen LogP) is 2.15. The van der Waals surface area contributed by atoms with Gasteiger partial charge in [0.25, 0.3) is 11.6 Å². The molecule has 2 fully saturated rings.